The number of anilines is 1. The molecule has 0 heterocycles. The Hall–Kier alpha value is -2.08. The van der Waals surface area contributed by atoms with Crippen LogP contribution in [0, 0.1) is 0 Å². The molecule has 1 aromatic rings. The molecule has 0 atom stereocenters. The SMILES string of the molecule is COC(=O)c1cc(NC(=O)C(C)(C)OC)ccc1OC. The van der Waals surface area contributed by atoms with Crippen LogP contribution in [0.1, 0.15) is 24.2 Å². The van der Waals surface area contributed by atoms with Crippen molar-refractivity contribution in [3.8, 4) is 5.75 Å². The molecule has 0 aliphatic heterocycles. The van der Waals surface area contributed by atoms with Gasteiger partial charge >= 0.3 is 5.97 Å². The van der Waals surface area contributed by atoms with E-state index in [0.717, 1.165) is 0 Å². The zero-order valence-electron chi connectivity index (χ0n) is 12.3. The van der Waals surface area contributed by atoms with Gasteiger partial charge < -0.3 is 19.5 Å². The summed E-state index contributed by atoms with van der Waals surface area (Å²) in [6.45, 7) is 3.29. The highest BCUT2D eigenvalue weighted by molar-refractivity contribution is 5.99. The monoisotopic (exact) mass is 281 g/mol. The molecule has 0 fully saturated rings. The fraction of sp³-hybridized carbons (Fsp3) is 0.429. The molecule has 0 spiro atoms. The van der Waals surface area contributed by atoms with Crippen LogP contribution in [-0.2, 0) is 14.3 Å². The lowest BCUT2D eigenvalue weighted by atomic mass is 10.1. The number of hydrogen-bond donors (Lipinski definition) is 1. The summed E-state index contributed by atoms with van der Waals surface area (Å²) >= 11 is 0. The minimum Gasteiger partial charge on any atom is -0.496 e. The maximum atomic E-state index is 12.0. The molecular formula is C14H19NO5. The van der Waals surface area contributed by atoms with E-state index >= 15 is 0 Å². The van der Waals surface area contributed by atoms with Crippen LogP contribution < -0.4 is 10.1 Å². The predicted octanol–water partition coefficient (Wildman–Crippen LogP) is 1.85. The number of esters is 1. The second kappa shape index (κ2) is 6.38. The number of nitrogens with one attached hydrogen (secondary N) is 1. The number of carbonyl (C=O) groups is 2. The molecule has 0 bridgehead atoms. The first kappa shape index (κ1) is 16.0. The minimum atomic E-state index is -0.967. The van der Waals surface area contributed by atoms with Crippen molar-refractivity contribution in [2.45, 2.75) is 19.4 Å². The van der Waals surface area contributed by atoms with Crippen LogP contribution in [0.2, 0.25) is 0 Å². The molecule has 0 saturated carbocycles. The van der Waals surface area contributed by atoms with E-state index < -0.39 is 11.6 Å². The topological polar surface area (TPSA) is 73.9 Å². The van der Waals surface area contributed by atoms with Crippen LogP contribution >= 0.6 is 0 Å². The number of methoxy groups -OCH3 is 3. The van der Waals surface area contributed by atoms with Crippen LogP contribution in [0.3, 0.4) is 0 Å². The molecule has 0 saturated heterocycles. The molecule has 110 valence electrons. The van der Waals surface area contributed by atoms with Gasteiger partial charge in [0.2, 0.25) is 0 Å². The summed E-state index contributed by atoms with van der Waals surface area (Å²) in [5.74, 6) is -0.481. The molecule has 0 aliphatic carbocycles. The van der Waals surface area contributed by atoms with Crippen LogP contribution in [0.25, 0.3) is 0 Å². The standard InChI is InChI=1S/C14H19NO5/c1-14(2,20-5)13(17)15-9-6-7-11(18-3)10(8-9)12(16)19-4/h6-8H,1-5H3,(H,15,17). The summed E-state index contributed by atoms with van der Waals surface area (Å²) in [6, 6.07) is 4.71. The number of hydrogen-bond acceptors (Lipinski definition) is 5. The minimum absolute atomic E-state index is 0.239. The zero-order chi connectivity index (χ0) is 15.3. The lowest BCUT2D eigenvalue weighted by molar-refractivity contribution is -0.133. The average molecular weight is 281 g/mol. The Morgan fingerprint density at radius 3 is 2.30 bits per heavy atom. The van der Waals surface area contributed by atoms with E-state index in [-0.39, 0.29) is 11.5 Å². The zero-order valence-corrected chi connectivity index (χ0v) is 12.3. The quantitative estimate of drug-likeness (QED) is 0.834. The summed E-state index contributed by atoms with van der Waals surface area (Å²) in [5, 5.41) is 2.68. The van der Waals surface area contributed by atoms with E-state index in [1.807, 2.05) is 0 Å². The number of benzene rings is 1. The van der Waals surface area contributed by atoms with Crippen molar-refractivity contribution in [1.82, 2.24) is 0 Å². The Balaban J connectivity index is 3.04. The molecule has 1 N–H and O–H groups in total. The van der Waals surface area contributed by atoms with Crippen molar-refractivity contribution in [1.29, 1.82) is 0 Å². The van der Waals surface area contributed by atoms with Crippen molar-refractivity contribution in [3.05, 3.63) is 23.8 Å². The molecule has 6 heteroatoms. The van der Waals surface area contributed by atoms with Crippen LogP contribution in [-0.4, -0.2) is 38.8 Å². The fourth-order valence-electron chi connectivity index (χ4n) is 1.43. The van der Waals surface area contributed by atoms with Gasteiger partial charge in [0.05, 0.1) is 14.2 Å². The smallest absolute Gasteiger partial charge is 0.341 e. The normalized spacial score (nSPS) is 10.8. The largest absolute Gasteiger partial charge is 0.496 e. The highest BCUT2D eigenvalue weighted by atomic mass is 16.5. The van der Waals surface area contributed by atoms with E-state index in [0.29, 0.717) is 11.4 Å². The lowest BCUT2D eigenvalue weighted by Gasteiger charge is -2.22. The summed E-state index contributed by atoms with van der Waals surface area (Å²) < 4.78 is 14.8. The molecule has 20 heavy (non-hydrogen) atoms. The van der Waals surface area contributed by atoms with Crippen molar-refractivity contribution in [2.75, 3.05) is 26.6 Å². The third kappa shape index (κ3) is 3.48. The third-order valence-corrected chi connectivity index (χ3v) is 2.92. The van der Waals surface area contributed by atoms with Gasteiger partial charge in [0.25, 0.3) is 5.91 Å². The van der Waals surface area contributed by atoms with E-state index in [1.165, 1.54) is 27.4 Å². The van der Waals surface area contributed by atoms with Gasteiger partial charge in [0.15, 0.2) is 0 Å². The molecule has 0 radical (unpaired) electrons. The van der Waals surface area contributed by atoms with E-state index in [2.05, 4.69) is 10.1 Å². The first-order chi connectivity index (χ1) is 9.35. The fourth-order valence-corrected chi connectivity index (χ4v) is 1.43. The summed E-state index contributed by atoms with van der Waals surface area (Å²) in [4.78, 5) is 23.6. The Kier molecular flexibility index (Phi) is 5.10. The molecule has 1 rings (SSSR count). The Labute approximate surface area is 118 Å². The number of rotatable bonds is 5. The Morgan fingerprint density at radius 2 is 1.80 bits per heavy atom. The highest BCUT2D eigenvalue weighted by Crippen LogP contribution is 2.24. The number of amides is 1. The van der Waals surface area contributed by atoms with Gasteiger partial charge in [-0.05, 0) is 32.0 Å². The second-order valence-corrected chi connectivity index (χ2v) is 4.58. The van der Waals surface area contributed by atoms with Crippen molar-refractivity contribution < 1.29 is 23.8 Å². The van der Waals surface area contributed by atoms with Crippen molar-refractivity contribution in [2.24, 2.45) is 0 Å². The van der Waals surface area contributed by atoms with Gasteiger partial charge in [-0.3, -0.25) is 4.79 Å². The highest BCUT2D eigenvalue weighted by Gasteiger charge is 2.27. The molecule has 0 unspecified atom stereocenters. The number of ether oxygens (including phenoxy) is 3. The first-order valence-corrected chi connectivity index (χ1v) is 5.98. The van der Waals surface area contributed by atoms with Gasteiger partial charge in [-0.2, -0.15) is 0 Å². The van der Waals surface area contributed by atoms with Crippen molar-refractivity contribution >= 4 is 17.6 Å². The van der Waals surface area contributed by atoms with E-state index in [4.69, 9.17) is 9.47 Å². The van der Waals surface area contributed by atoms with Crippen LogP contribution in [0.15, 0.2) is 18.2 Å². The maximum Gasteiger partial charge on any atom is 0.341 e. The summed E-state index contributed by atoms with van der Waals surface area (Å²) in [7, 11) is 4.18. The average Bonchev–Trinajstić information content (AvgIpc) is 2.46. The van der Waals surface area contributed by atoms with Gasteiger partial charge in [0, 0.05) is 12.8 Å². The molecule has 6 nitrogen and oxygen atoms in total. The van der Waals surface area contributed by atoms with Crippen molar-refractivity contribution in [3.63, 3.8) is 0 Å². The molecule has 0 aromatic heterocycles. The first-order valence-electron chi connectivity index (χ1n) is 5.98. The van der Waals surface area contributed by atoms with Gasteiger partial charge in [0.1, 0.15) is 16.9 Å². The lowest BCUT2D eigenvalue weighted by Crippen LogP contribution is -2.38. The molecule has 1 amide bonds. The predicted molar refractivity (Wildman–Crippen MR) is 74.1 cm³/mol. The summed E-state index contributed by atoms with van der Waals surface area (Å²) in [5.41, 5.74) is -0.268. The molecule has 1 aromatic carbocycles. The Bertz CT molecular complexity index is 510. The van der Waals surface area contributed by atoms with Crippen LogP contribution in [0.5, 0.6) is 5.75 Å². The number of carbonyl (C=O) groups excluding carboxylic acids is 2. The van der Waals surface area contributed by atoms with Gasteiger partial charge in [-0.15, -0.1) is 0 Å². The Morgan fingerprint density at radius 1 is 1.15 bits per heavy atom. The van der Waals surface area contributed by atoms with Gasteiger partial charge in [-0.25, -0.2) is 4.79 Å². The molecule has 0 aliphatic rings. The second-order valence-electron chi connectivity index (χ2n) is 4.58. The van der Waals surface area contributed by atoms with Crippen LogP contribution in [0.4, 0.5) is 5.69 Å². The van der Waals surface area contributed by atoms with E-state index in [9.17, 15) is 9.59 Å². The van der Waals surface area contributed by atoms with Gasteiger partial charge in [-0.1, -0.05) is 0 Å². The molecular weight excluding hydrogens is 262 g/mol. The van der Waals surface area contributed by atoms with E-state index in [1.54, 1.807) is 26.0 Å². The summed E-state index contributed by atoms with van der Waals surface area (Å²) in [6.07, 6.45) is 0. The maximum absolute atomic E-state index is 12.0. The third-order valence-electron chi connectivity index (χ3n) is 2.92.